The number of ether oxygens (including phenoxy) is 1. The Bertz CT molecular complexity index is 771. The molecule has 1 aromatic carbocycles. The number of rotatable bonds is 8. The van der Waals surface area contributed by atoms with Crippen molar-refractivity contribution in [1.82, 2.24) is 5.32 Å². The molecule has 6 nitrogen and oxygen atoms in total. The van der Waals surface area contributed by atoms with Gasteiger partial charge in [0.1, 0.15) is 0 Å². The van der Waals surface area contributed by atoms with Crippen molar-refractivity contribution in [1.29, 1.82) is 0 Å². The summed E-state index contributed by atoms with van der Waals surface area (Å²) in [5.74, 6) is -1.72. The molecule has 0 radical (unpaired) electrons. The number of halogens is 2. The van der Waals surface area contributed by atoms with Crippen molar-refractivity contribution in [3.8, 4) is 5.75 Å². The van der Waals surface area contributed by atoms with Gasteiger partial charge in [0.25, 0.3) is 11.8 Å². The highest BCUT2D eigenvalue weighted by molar-refractivity contribution is 6.00. The van der Waals surface area contributed by atoms with E-state index >= 15 is 0 Å². The SMILES string of the molecule is C=C(C)/C=C(Nc1cccc(C(N)=O)c1OC(F)F)\C(=C/C)C(=O)NC. The molecule has 0 saturated carbocycles. The summed E-state index contributed by atoms with van der Waals surface area (Å²) in [6, 6.07) is 4.14. The van der Waals surface area contributed by atoms with E-state index < -0.39 is 24.2 Å². The molecular formula is C18H21F2N3O3. The van der Waals surface area contributed by atoms with Crippen LogP contribution in [0.1, 0.15) is 24.2 Å². The van der Waals surface area contributed by atoms with E-state index in [4.69, 9.17) is 5.73 Å². The molecule has 2 amide bonds. The maximum absolute atomic E-state index is 12.8. The molecule has 0 heterocycles. The average Bonchev–Trinajstić information content (AvgIpc) is 2.55. The first kappa shape index (κ1) is 20.9. The zero-order valence-electron chi connectivity index (χ0n) is 14.7. The first-order valence-electron chi connectivity index (χ1n) is 7.61. The van der Waals surface area contributed by atoms with Crippen molar-refractivity contribution in [2.75, 3.05) is 12.4 Å². The number of benzene rings is 1. The third-order valence-corrected chi connectivity index (χ3v) is 3.20. The van der Waals surface area contributed by atoms with Crippen molar-refractivity contribution in [2.24, 2.45) is 5.73 Å². The smallest absolute Gasteiger partial charge is 0.387 e. The minimum absolute atomic E-state index is 0.0531. The van der Waals surface area contributed by atoms with Gasteiger partial charge in [-0.05, 0) is 32.1 Å². The standard InChI is InChI=1S/C18H21F2N3O3/c1-5-11(17(25)22-4)14(9-10(2)3)23-13-8-6-7-12(16(21)24)15(13)26-18(19)20/h5-9,18,23H,2H2,1,3-4H3,(H2,21,24)(H,22,25)/b11-5+,14-9+. The number of nitrogens with two attached hydrogens (primary N) is 1. The normalized spacial score (nSPS) is 11.9. The molecule has 0 aromatic heterocycles. The summed E-state index contributed by atoms with van der Waals surface area (Å²) < 4.78 is 30.1. The van der Waals surface area contributed by atoms with Crippen LogP contribution in [0.15, 0.2) is 53.8 Å². The number of hydrogen-bond acceptors (Lipinski definition) is 4. The van der Waals surface area contributed by atoms with Gasteiger partial charge >= 0.3 is 6.61 Å². The van der Waals surface area contributed by atoms with E-state index in [9.17, 15) is 18.4 Å². The Morgan fingerprint density at radius 2 is 2.00 bits per heavy atom. The van der Waals surface area contributed by atoms with Gasteiger partial charge in [0, 0.05) is 7.05 Å². The minimum atomic E-state index is -3.16. The Labute approximate surface area is 150 Å². The molecule has 0 fully saturated rings. The van der Waals surface area contributed by atoms with E-state index in [-0.39, 0.29) is 16.8 Å². The third-order valence-electron chi connectivity index (χ3n) is 3.20. The fourth-order valence-electron chi connectivity index (χ4n) is 2.16. The van der Waals surface area contributed by atoms with Gasteiger partial charge < -0.3 is 21.1 Å². The lowest BCUT2D eigenvalue weighted by Crippen LogP contribution is -2.24. The number of nitrogens with one attached hydrogen (secondary N) is 2. The number of hydrogen-bond donors (Lipinski definition) is 3. The molecule has 0 spiro atoms. The summed E-state index contributed by atoms with van der Waals surface area (Å²) in [5.41, 5.74) is 6.22. The van der Waals surface area contributed by atoms with Crippen molar-refractivity contribution < 1.29 is 23.1 Å². The Morgan fingerprint density at radius 3 is 2.46 bits per heavy atom. The second-order valence-electron chi connectivity index (χ2n) is 5.24. The van der Waals surface area contributed by atoms with Crippen LogP contribution in [-0.2, 0) is 4.79 Å². The molecule has 0 aliphatic heterocycles. The van der Waals surface area contributed by atoms with E-state index in [2.05, 4.69) is 21.9 Å². The van der Waals surface area contributed by atoms with E-state index in [0.29, 0.717) is 11.3 Å². The van der Waals surface area contributed by atoms with E-state index in [1.54, 1.807) is 26.0 Å². The second-order valence-corrected chi connectivity index (χ2v) is 5.24. The Balaban J connectivity index is 3.48. The van der Waals surface area contributed by atoms with E-state index in [1.165, 1.54) is 25.2 Å². The van der Waals surface area contributed by atoms with Crippen molar-refractivity contribution in [3.05, 3.63) is 59.3 Å². The van der Waals surface area contributed by atoms with Gasteiger partial charge in [-0.2, -0.15) is 8.78 Å². The molecular weight excluding hydrogens is 344 g/mol. The number of carbonyl (C=O) groups excluding carboxylic acids is 2. The van der Waals surface area contributed by atoms with Gasteiger partial charge in [-0.25, -0.2) is 0 Å². The number of likely N-dealkylation sites (N-methyl/N-ethyl adjacent to an activating group) is 1. The highest BCUT2D eigenvalue weighted by Gasteiger charge is 2.20. The van der Waals surface area contributed by atoms with Gasteiger partial charge in [0.2, 0.25) is 0 Å². The van der Waals surface area contributed by atoms with Gasteiger partial charge in [-0.1, -0.05) is 24.3 Å². The average molecular weight is 365 g/mol. The number of carbonyl (C=O) groups is 2. The summed E-state index contributed by atoms with van der Waals surface area (Å²) in [5, 5.41) is 5.34. The zero-order chi connectivity index (χ0) is 19.9. The topological polar surface area (TPSA) is 93.4 Å². The zero-order valence-corrected chi connectivity index (χ0v) is 14.7. The number of amides is 2. The maximum atomic E-state index is 12.8. The molecule has 1 aromatic rings. The molecule has 0 atom stereocenters. The van der Waals surface area contributed by atoms with Crippen molar-refractivity contribution >= 4 is 17.5 Å². The molecule has 0 aliphatic rings. The van der Waals surface area contributed by atoms with Crippen LogP contribution in [0, 0.1) is 0 Å². The number of alkyl halides is 2. The van der Waals surface area contributed by atoms with E-state index in [1.807, 2.05) is 0 Å². The third kappa shape index (κ3) is 5.44. The molecule has 0 saturated heterocycles. The number of anilines is 1. The molecule has 0 aliphatic carbocycles. The largest absolute Gasteiger partial charge is 0.432 e. The molecule has 8 heteroatoms. The molecule has 0 bridgehead atoms. The molecule has 26 heavy (non-hydrogen) atoms. The van der Waals surface area contributed by atoms with Crippen LogP contribution in [-0.4, -0.2) is 25.5 Å². The number of primary amides is 1. The molecule has 4 N–H and O–H groups in total. The quantitative estimate of drug-likeness (QED) is 0.488. The van der Waals surface area contributed by atoms with Crippen LogP contribution in [0.25, 0.3) is 0 Å². The Hall–Kier alpha value is -3.16. The Kier molecular flexibility index (Phi) is 7.52. The van der Waals surface area contributed by atoms with Crippen LogP contribution in [0.5, 0.6) is 5.75 Å². The summed E-state index contributed by atoms with van der Waals surface area (Å²) in [4.78, 5) is 23.6. The molecule has 1 rings (SSSR count). The lowest BCUT2D eigenvalue weighted by Gasteiger charge is -2.18. The van der Waals surface area contributed by atoms with Crippen LogP contribution < -0.4 is 21.1 Å². The highest BCUT2D eigenvalue weighted by Crippen LogP contribution is 2.32. The minimum Gasteiger partial charge on any atom is -0.432 e. The van der Waals surface area contributed by atoms with Gasteiger partial charge in [0.05, 0.1) is 22.5 Å². The molecule has 0 unspecified atom stereocenters. The second kappa shape index (κ2) is 9.36. The summed E-state index contributed by atoms with van der Waals surface area (Å²) in [7, 11) is 1.46. The predicted molar refractivity (Wildman–Crippen MR) is 95.9 cm³/mol. The first-order valence-corrected chi connectivity index (χ1v) is 7.61. The fourth-order valence-corrected chi connectivity index (χ4v) is 2.16. The highest BCUT2D eigenvalue weighted by atomic mass is 19.3. The van der Waals surface area contributed by atoms with Gasteiger partial charge in [-0.3, -0.25) is 9.59 Å². The van der Waals surface area contributed by atoms with Crippen molar-refractivity contribution in [2.45, 2.75) is 20.5 Å². The number of para-hydroxylation sites is 1. The fraction of sp³-hybridized carbons (Fsp3) is 0.222. The lowest BCUT2D eigenvalue weighted by molar-refractivity contribution is -0.116. The van der Waals surface area contributed by atoms with Crippen LogP contribution in [0.2, 0.25) is 0 Å². The van der Waals surface area contributed by atoms with Crippen LogP contribution >= 0.6 is 0 Å². The maximum Gasteiger partial charge on any atom is 0.387 e. The lowest BCUT2D eigenvalue weighted by atomic mass is 10.1. The van der Waals surface area contributed by atoms with Crippen molar-refractivity contribution in [3.63, 3.8) is 0 Å². The van der Waals surface area contributed by atoms with Gasteiger partial charge in [-0.15, -0.1) is 0 Å². The van der Waals surface area contributed by atoms with E-state index in [0.717, 1.165) is 0 Å². The van der Waals surface area contributed by atoms with Gasteiger partial charge in [0.15, 0.2) is 5.75 Å². The predicted octanol–water partition coefficient (Wildman–Crippen LogP) is 2.95. The van der Waals surface area contributed by atoms with Crippen LogP contribution in [0.3, 0.4) is 0 Å². The summed E-state index contributed by atoms with van der Waals surface area (Å²) >= 11 is 0. The van der Waals surface area contributed by atoms with Crippen LogP contribution in [0.4, 0.5) is 14.5 Å². The summed E-state index contributed by atoms with van der Waals surface area (Å²) in [6.07, 6.45) is 3.11. The first-order chi connectivity index (χ1) is 12.2. The number of allylic oxidation sites excluding steroid dienone is 3. The summed E-state index contributed by atoms with van der Waals surface area (Å²) in [6.45, 7) is 3.94. The monoisotopic (exact) mass is 365 g/mol. The molecule has 140 valence electrons. The Morgan fingerprint density at radius 1 is 1.35 bits per heavy atom.